The van der Waals surface area contributed by atoms with Crippen molar-refractivity contribution >= 4 is 36.4 Å². The number of nitrogens with two attached hydrogens (primary N) is 2. The first kappa shape index (κ1) is 47.2. The van der Waals surface area contributed by atoms with Crippen molar-refractivity contribution in [2.75, 3.05) is 20.1 Å². The molecule has 0 spiro atoms. The second kappa shape index (κ2) is 24.5. The highest BCUT2D eigenvalue weighted by Gasteiger charge is 2.34. The second-order valence-corrected chi connectivity index (χ2v) is 14.8. The molecule has 304 valence electrons. The Kier molecular flexibility index (Phi) is 21.1. The molecule has 6 atom stereocenters. The summed E-state index contributed by atoms with van der Waals surface area (Å²) in [5, 5.41) is 34.8. The molecule has 13 nitrogen and oxygen atoms in total. The summed E-state index contributed by atoms with van der Waals surface area (Å²) >= 11 is 0. The number of nitrogens with zero attached hydrogens (tertiary/aromatic N) is 1. The first-order chi connectivity index (χ1) is 26.1. The third kappa shape index (κ3) is 15.6. The number of carbonyl (C=O) groups excluding carboxylic acids is 5. The third-order valence-electron chi connectivity index (χ3n) is 10.0. The molecule has 2 aromatic carbocycles. The number of benzene rings is 2. The van der Waals surface area contributed by atoms with E-state index >= 15 is 0 Å². The van der Waals surface area contributed by atoms with Crippen molar-refractivity contribution in [2.24, 2.45) is 17.4 Å². The van der Waals surface area contributed by atoms with Crippen molar-refractivity contribution in [3.8, 4) is 11.1 Å². The quantitative estimate of drug-likeness (QED) is 0.0547. The first-order valence-corrected chi connectivity index (χ1v) is 19.7. The maximum absolute atomic E-state index is 13.8. The van der Waals surface area contributed by atoms with Gasteiger partial charge in [0.15, 0.2) is 11.6 Å². The lowest BCUT2D eigenvalue weighted by atomic mass is 9.71. The van der Waals surface area contributed by atoms with Crippen LogP contribution in [0, 0.1) is 5.92 Å². The van der Waals surface area contributed by atoms with Gasteiger partial charge in [-0.15, -0.1) is 0 Å². The molecular formula is C41H64BN5O8. The topological polar surface area (TPSA) is 225 Å². The molecule has 14 heteroatoms. The number of aliphatic hydroxyl groups is 1. The van der Waals surface area contributed by atoms with Gasteiger partial charge in [0, 0.05) is 31.4 Å². The van der Waals surface area contributed by atoms with Gasteiger partial charge in [-0.05, 0) is 106 Å². The van der Waals surface area contributed by atoms with E-state index in [0.717, 1.165) is 30.4 Å². The minimum atomic E-state index is -1.69. The van der Waals surface area contributed by atoms with Crippen molar-refractivity contribution in [1.82, 2.24) is 15.5 Å². The number of ketones is 2. The SMILES string of the molecule is CCCCc1ccc(-c2ccc(C(=O)N(C)[C@@H](CCCCN)C(=O)N[C@H](C(=O)C[C@@H](C)C(=O)N[C@@H](CCCCN)C(=O)C[C@@H](C)B(O)O)[C@@H](C)O)cc2)cc1. The Morgan fingerprint density at radius 3 is 1.84 bits per heavy atom. The zero-order valence-corrected chi connectivity index (χ0v) is 33.3. The van der Waals surface area contributed by atoms with Crippen molar-refractivity contribution < 1.29 is 39.1 Å². The van der Waals surface area contributed by atoms with Gasteiger partial charge < -0.3 is 42.2 Å². The van der Waals surface area contributed by atoms with Gasteiger partial charge in [0.1, 0.15) is 12.1 Å². The lowest BCUT2D eigenvalue weighted by Crippen LogP contribution is -2.55. The van der Waals surface area contributed by atoms with Crippen LogP contribution in [0.25, 0.3) is 11.1 Å². The summed E-state index contributed by atoms with van der Waals surface area (Å²) in [7, 11) is -0.168. The Morgan fingerprint density at radius 2 is 1.31 bits per heavy atom. The van der Waals surface area contributed by atoms with Crippen molar-refractivity contribution in [3.63, 3.8) is 0 Å². The zero-order chi connectivity index (χ0) is 41.1. The molecule has 2 aromatic rings. The molecule has 0 aliphatic rings. The number of amides is 3. The molecule has 3 amide bonds. The van der Waals surface area contributed by atoms with Crippen LogP contribution in [0.3, 0.4) is 0 Å². The van der Waals surface area contributed by atoms with Gasteiger partial charge in [0.05, 0.1) is 12.1 Å². The highest BCUT2D eigenvalue weighted by atomic mass is 16.4. The molecule has 9 N–H and O–H groups in total. The Labute approximate surface area is 327 Å². The molecule has 0 aliphatic heterocycles. The molecule has 2 rings (SSSR count). The van der Waals surface area contributed by atoms with Crippen LogP contribution in [0.4, 0.5) is 0 Å². The number of nitrogens with one attached hydrogen (secondary N) is 2. The van der Waals surface area contributed by atoms with Crippen LogP contribution < -0.4 is 22.1 Å². The van der Waals surface area contributed by atoms with E-state index in [1.165, 1.54) is 38.3 Å². The number of unbranched alkanes of at least 4 members (excludes halogenated alkanes) is 3. The number of Topliss-reactive ketones (excluding diaryl/α,β-unsaturated/α-hetero) is 2. The molecule has 0 aromatic heterocycles. The monoisotopic (exact) mass is 765 g/mol. The fraction of sp³-hybridized carbons (Fsp3) is 0.585. The summed E-state index contributed by atoms with van der Waals surface area (Å²) < 4.78 is 0. The van der Waals surface area contributed by atoms with E-state index in [4.69, 9.17) is 11.5 Å². The molecule has 0 bridgehead atoms. The van der Waals surface area contributed by atoms with E-state index in [9.17, 15) is 39.1 Å². The Balaban J connectivity index is 2.17. The van der Waals surface area contributed by atoms with E-state index in [0.29, 0.717) is 44.3 Å². The summed E-state index contributed by atoms with van der Waals surface area (Å²) in [6, 6.07) is 12.3. The molecule has 0 unspecified atom stereocenters. The van der Waals surface area contributed by atoms with Gasteiger partial charge in [-0.1, -0.05) is 63.6 Å². The van der Waals surface area contributed by atoms with Gasteiger partial charge in [0.2, 0.25) is 11.8 Å². The summed E-state index contributed by atoms with van der Waals surface area (Å²) in [4.78, 5) is 68.6. The number of carbonyl (C=O) groups is 5. The van der Waals surface area contributed by atoms with E-state index in [1.54, 1.807) is 12.1 Å². The molecule has 0 saturated heterocycles. The van der Waals surface area contributed by atoms with E-state index in [2.05, 4.69) is 41.8 Å². The summed E-state index contributed by atoms with van der Waals surface area (Å²) in [5.74, 6) is -4.24. The lowest BCUT2D eigenvalue weighted by Gasteiger charge is -2.30. The first-order valence-electron chi connectivity index (χ1n) is 19.7. The number of aryl methyl sites for hydroxylation is 1. The average molecular weight is 766 g/mol. The van der Waals surface area contributed by atoms with Crippen LogP contribution in [-0.4, -0.2) is 101 Å². The smallest absolute Gasteiger partial charge is 0.427 e. The fourth-order valence-corrected chi connectivity index (χ4v) is 6.30. The number of likely N-dealkylation sites (N-methyl/N-ethyl adjacent to an activating group) is 1. The van der Waals surface area contributed by atoms with Crippen molar-refractivity contribution in [2.45, 2.75) is 128 Å². The maximum atomic E-state index is 13.8. The minimum absolute atomic E-state index is 0.170. The van der Waals surface area contributed by atoms with E-state index < -0.39 is 66.6 Å². The average Bonchev–Trinajstić information content (AvgIpc) is 3.16. The Bertz CT molecular complexity index is 1510. The lowest BCUT2D eigenvalue weighted by molar-refractivity contribution is -0.135. The standard InChI is InChI=1S/C41H64BN5O8/c1-6-7-12-30-15-17-31(18-16-30)32-19-21-33(22-20-32)41(53)47(5)35(14-9-11-24-44)40(52)46-38(29(4)48)37(50)25-27(2)39(51)45-34(13-8-10-23-43)36(49)26-28(3)42(54)55/h15-22,27-29,34-35,38,48,54-55H,6-14,23-26,43-44H2,1-5H3,(H,45,51)(H,46,52)/t27-,28-,29-,34+,35+,38+/m1/s1. The molecule has 0 aliphatic carbocycles. The summed E-state index contributed by atoms with van der Waals surface area (Å²) in [5.41, 5.74) is 14.9. The van der Waals surface area contributed by atoms with E-state index in [1.807, 2.05) is 12.1 Å². The van der Waals surface area contributed by atoms with E-state index in [-0.39, 0.29) is 31.5 Å². The Morgan fingerprint density at radius 1 is 0.745 bits per heavy atom. The number of rotatable bonds is 26. The second-order valence-electron chi connectivity index (χ2n) is 14.8. The third-order valence-corrected chi connectivity index (χ3v) is 10.0. The van der Waals surface area contributed by atoms with Gasteiger partial charge in [0.25, 0.3) is 5.91 Å². The van der Waals surface area contributed by atoms with Crippen molar-refractivity contribution in [1.29, 1.82) is 0 Å². The molecule has 0 fully saturated rings. The number of aliphatic hydroxyl groups excluding tert-OH is 1. The Hall–Kier alpha value is -3.95. The van der Waals surface area contributed by atoms with Gasteiger partial charge in [-0.3, -0.25) is 24.0 Å². The molecule has 0 heterocycles. The van der Waals surface area contributed by atoms with Crippen LogP contribution in [-0.2, 0) is 25.6 Å². The highest BCUT2D eigenvalue weighted by Crippen LogP contribution is 2.23. The van der Waals surface area contributed by atoms with Crippen LogP contribution in [0.2, 0.25) is 5.82 Å². The van der Waals surface area contributed by atoms with Crippen LogP contribution in [0.1, 0.15) is 108 Å². The van der Waals surface area contributed by atoms with Crippen molar-refractivity contribution in [3.05, 3.63) is 59.7 Å². The fourth-order valence-electron chi connectivity index (χ4n) is 6.30. The van der Waals surface area contributed by atoms with Gasteiger partial charge in [-0.2, -0.15) is 0 Å². The number of hydrogen-bond donors (Lipinski definition) is 7. The van der Waals surface area contributed by atoms with Gasteiger partial charge in [-0.25, -0.2) is 0 Å². The summed E-state index contributed by atoms with van der Waals surface area (Å²) in [6.07, 6.45) is 4.32. The normalized spacial score (nSPS) is 14.5. The molecule has 0 saturated carbocycles. The molecule has 55 heavy (non-hydrogen) atoms. The van der Waals surface area contributed by atoms with Crippen LogP contribution in [0.5, 0.6) is 0 Å². The number of hydrogen-bond acceptors (Lipinski definition) is 10. The minimum Gasteiger partial charge on any atom is -0.427 e. The predicted octanol–water partition coefficient (Wildman–Crippen LogP) is 3.16. The maximum Gasteiger partial charge on any atom is 0.454 e. The highest BCUT2D eigenvalue weighted by molar-refractivity contribution is 6.43. The van der Waals surface area contributed by atoms with Crippen LogP contribution in [0.15, 0.2) is 48.5 Å². The summed E-state index contributed by atoms with van der Waals surface area (Å²) in [6.45, 7) is 7.33. The largest absolute Gasteiger partial charge is 0.454 e. The zero-order valence-electron chi connectivity index (χ0n) is 33.3. The molecule has 0 radical (unpaired) electrons. The predicted molar refractivity (Wildman–Crippen MR) is 216 cm³/mol. The van der Waals surface area contributed by atoms with Crippen LogP contribution >= 0.6 is 0 Å². The molecular weight excluding hydrogens is 701 g/mol. The van der Waals surface area contributed by atoms with Gasteiger partial charge >= 0.3 is 7.12 Å².